The van der Waals surface area contributed by atoms with E-state index in [0.717, 1.165) is 6.07 Å². The number of rotatable bonds is 3. The molecule has 0 aliphatic carbocycles. The third-order valence-corrected chi connectivity index (χ3v) is 2.95. The van der Waals surface area contributed by atoms with Gasteiger partial charge in [-0.1, -0.05) is 0 Å². The number of nitrogens with zero attached hydrogens (tertiary/aromatic N) is 1. The summed E-state index contributed by atoms with van der Waals surface area (Å²) in [7, 11) is 0. The van der Waals surface area contributed by atoms with Crippen LogP contribution in [-0.4, -0.2) is 27.1 Å². The Hall–Kier alpha value is -2.41. The average molecular weight is 337 g/mol. The molecule has 0 aliphatic heterocycles. The van der Waals surface area contributed by atoms with Crippen molar-refractivity contribution in [1.29, 1.82) is 0 Å². The molecule has 102 valence electrons. The summed E-state index contributed by atoms with van der Waals surface area (Å²) in [5.74, 6) is -1.93. The van der Waals surface area contributed by atoms with E-state index in [1.807, 2.05) is 0 Å². The molecule has 1 aromatic heterocycles. The molecule has 2 rings (SSSR count). The van der Waals surface area contributed by atoms with Crippen molar-refractivity contribution in [2.24, 2.45) is 0 Å². The van der Waals surface area contributed by atoms with Crippen molar-refractivity contribution in [1.82, 2.24) is 4.98 Å². The van der Waals surface area contributed by atoms with Gasteiger partial charge in [0.2, 0.25) is 0 Å². The first-order valence-electron chi connectivity index (χ1n) is 5.46. The number of hydrogen-bond donors (Lipinski definition) is 3. The fraction of sp³-hybridized carbons (Fsp3) is 0. The molecule has 1 aromatic carbocycles. The molecule has 1 amide bonds. The number of nitrogens with one attached hydrogen (secondary N) is 1. The summed E-state index contributed by atoms with van der Waals surface area (Å²) in [5, 5.41) is 20.9. The van der Waals surface area contributed by atoms with Crippen LogP contribution in [0.1, 0.15) is 20.7 Å². The predicted molar refractivity (Wildman–Crippen MR) is 75.0 cm³/mol. The molecule has 0 spiro atoms. The lowest BCUT2D eigenvalue weighted by Crippen LogP contribution is -2.12. The van der Waals surface area contributed by atoms with Gasteiger partial charge in [0.25, 0.3) is 5.91 Å². The highest BCUT2D eigenvalue weighted by Crippen LogP contribution is 2.24. The number of aromatic nitrogens is 1. The molecule has 20 heavy (non-hydrogen) atoms. The fourth-order valence-electron chi connectivity index (χ4n) is 1.47. The van der Waals surface area contributed by atoms with E-state index in [-0.39, 0.29) is 17.0 Å². The van der Waals surface area contributed by atoms with Crippen molar-refractivity contribution in [3.05, 3.63) is 52.3 Å². The molecule has 0 atom stereocenters. The Labute approximate surface area is 122 Å². The van der Waals surface area contributed by atoms with Crippen molar-refractivity contribution < 1.29 is 19.8 Å². The van der Waals surface area contributed by atoms with E-state index in [1.54, 1.807) is 12.1 Å². The first-order chi connectivity index (χ1) is 9.47. The van der Waals surface area contributed by atoms with Gasteiger partial charge in [-0.2, -0.15) is 0 Å². The third-order valence-electron chi connectivity index (χ3n) is 2.48. The Morgan fingerprint density at radius 3 is 2.40 bits per heavy atom. The minimum absolute atomic E-state index is 0.0641. The van der Waals surface area contributed by atoms with Gasteiger partial charge in [-0.05, 0) is 46.3 Å². The molecule has 3 N–H and O–H groups in total. The Kier molecular flexibility index (Phi) is 3.99. The number of carboxylic acids is 1. The van der Waals surface area contributed by atoms with Crippen molar-refractivity contribution in [2.75, 3.05) is 5.32 Å². The normalized spacial score (nSPS) is 10.1. The molecule has 7 heteroatoms. The van der Waals surface area contributed by atoms with Gasteiger partial charge >= 0.3 is 5.97 Å². The molecule has 0 unspecified atom stereocenters. The van der Waals surface area contributed by atoms with E-state index in [4.69, 9.17) is 5.11 Å². The number of amides is 1. The third kappa shape index (κ3) is 3.12. The highest BCUT2D eigenvalue weighted by molar-refractivity contribution is 9.10. The van der Waals surface area contributed by atoms with Gasteiger partial charge in [0.05, 0.1) is 16.8 Å². The second kappa shape index (κ2) is 5.70. The molecule has 0 saturated carbocycles. The van der Waals surface area contributed by atoms with Crippen LogP contribution in [0, 0.1) is 0 Å². The number of aromatic carboxylic acids is 1. The predicted octanol–water partition coefficient (Wildman–Crippen LogP) is 2.50. The second-order valence-electron chi connectivity index (χ2n) is 3.86. The SMILES string of the molecule is O=C(O)c1ccc(NC(=O)c2ccc(Br)nc2)c(O)c1. The van der Waals surface area contributed by atoms with Gasteiger partial charge in [0.1, 0.15) is 10.4 Å². The van der Waals surface area contributed by atoms with Gasteiger partial charge in [0.15, 0.2) is 0 Å². The molecule has 0 radical (unpaired) electrons. The number of carbonyl (C=O) groups is 2. The van der Waals surface area contributed by atoms with Crippen LogP contribution in [0.5, 0.6) is 5.75 Å². The van der Waals surface area contributed by atoms with Crippen LogP contribution in [0.3, 0.4) is 0 Å². The number of hydrogen-bond acceptors (Lipinski definition) is 4. The molecular weight excluding hydrogens is 328 g/mol. The monoisotopic (exact) mass is 336 g/mol. The zero-order valence-corrected chi connectivity index (χ0v) is 11.6. The molecule has 2 aromatic rings. The van der Waals surface area contributed by atoms with Crippen LogP contribution in [0.25, 0.3) is 0 Å². The lowest BCUT2D eigenvalue weighted by atomic mass is 10.2. The number of halogens is 1. The summed E-state index contributed by atoms with van der Waals surface area (Å²) in [5.41, 5.74) is 0.378. The minimum Gasteiger partial charge on any atom is -0.506 e. The van der Waals surface area contributed by atoms with Crippen LogP contribution in [0.15, 0.2) is 41.1 Å². The molecule has 0 aliphatic rings. The molecule has 1 heterocycles. The van der Waals surface area contributed by atoms with Gasteiger partial charge < -0.3 is 15.5 Å². The van der Waals surface area contributed by atoms with Crippen molar-refractivity contribution in [3.8, 4) is 5.75 Å². The maximum Gasteiger partial charge on any atom is 0.335 e. The highest BCUT2D eigenvalue weighted by Gasteiger charge is 2.11. The van der Waals surface area contributed by atoms with Gasteiger partial charge in [-0.15, -0.1) is 0 Å². The number of aromatic hydroxyl groups is 1. The number of phenolic OH excluding ortho intramolecular Hbond substituents is 1. The minimum atomic E-state index is -1.16. The van der Waals surface area contributed by atoms with Crippen LogP contribution >= 0.6 is 15.9 Å². The number of benzene rings is 1. The smallest absolute Gasteiger partial charge is 0.335 e. The van der Waals surface area contributed by atoms with Gasteiger partial charge in [-0.25, -0.2) is 9.78 Å². The van der Waals surface area contributed by atoms with E-state index < -0.39 is 11.9 Å². The summed E-state index contributed by atoms with van der Waals surface area (Å²) >= 11 is 3.16. The van der Waals surface area contributed by atoms with E-state index in [9.17, 15) is 14.7 Å². The number of carboxylic acid groups (broad SMARTS) is 1. The van der Waals surface area contributed by atoms with E-state index in [0.29, 0.717) is 10.2 Å². The maximum absolute atomic E-state index is 11.9. The second-order valence-corrected chi connectivity index (χ2v) is 4.67. The first-order valence-corrected chi connectivity index (χ1v) is 6.26. The quantitative estimate of drug-likeness (QED) is 0.590. The molecule has 6 nitrogen and oxygen atoms in total. The average Bonchev–Trinajstić information content (AvgIpc) is 2.41. The van der Waals surface area contributed by atoms with Crippen LogP contribution in [0.2, 0.25) is 0 Å². The number of phenols is 1. The van der Waals surface area contributed by atoms with E-state index >= 15 is 0 Å². The Morgan fingerprint density at radius 1 is 1.15 bits per heavy atom. The summed E-state index contributed by atoms with van der Waals surface area (Å²) in [6.07, 6.45) is 1.38. The van der Waals surface area contributed by atoms with E-state index in [2.05, 4.69) is 26.2 Å². The summed E-state index contributed by atoms with van der Waals surface area (Å²) in [4.78, 5) is 26.5. The number of pyridine rings is 1. The Morgan fingerprint density at radius 2 is 1.85 bits per heavy atom. The molecule has 0 saturated heterocycles. The van der Waals surface area contributed by atoms with Crippen molar-refractivity contribution in [3.63, 3.8) is 0 Å². The Balaban J connectivity index is 2.19. The lowest BCUT2D eigenvalue weighted by Gasteiger charge is -2.07. The lowest BCUT2D eigenvalue weighted by molar-refractivity contribution is 0.0696. The first kappa shape index (κ1) is 14.0. The summed E-state index contributed by atoms with van der Waals surface area (Å²) in [6, 6.07) is 6.86. The molecule has 0 bridgehead atoms. The standard InChI is InChI=1S/C13H9BrN2O4/c14-11-4-2-8(6-15-11)12(18)16-9-3-1-7(13(19)20)5-10(9)17/h1-6,17H,(H,16,18)(H,19,20). The zero-order chi connectivity index (χ0) is 14.7. The molecule has 0 fully saturated rings. The van der Waals surface area contributed by atoms with Crippen LogP contribution < -0.4 is 5.32 Å². The Bertz CT molecular complexity index is 671. The topological polar surface area (TPSA) is 99.5 Å². The largest absolute Gasteiger partial charge is 0.506 e. The zero-order valence-electron chi connectivity index (χ0n) is 10.0. The van der Waals surface area contributed by atoms with E-state index in [1.165, 1.54) is 18.3 Å². The molecular formula is C13H9BrN2O4. The van der Waals surface area contributed by atoms with Gasteiger partial charge in [0, 0.05) is 6.20 Å². The fourth-order valence-corrected chi connectivity index (χ4v) is 1.71. The van der Waals surface area contributed by atoms with Gasteiger partial charge in [-0.3, -0.25) is 4.79 Å². The van der Waals surface area contributed by atoms with Crippen LogP contribution in [0.4, 0.5) is 5.69 Å². The summed E-state index contributed by atoms with van der Waals surface area (Å²) < 4.78 is 0.600. The van der Waals surface area contributed by atoms with Crippen molar-refractivity contribution >= 4 is 33.5 Å². The number of carbonyl (C=O) groups excluding carboxylic acids is 1. The number of anilines is 1. The maximum atomic E-state index is 11.9. The van der Waals surface area contributed by atoms with Crippen LogP contribution in [-0.2, 0) is 0 Å². The van der Waals surface area contributed by atoms with Crippen molar-refractivity contribution in [2.45, 2.75) is 0 Å². The highest BCUT2D eigenvalue weighted by atomic mass is 79.9. The summed E-state index contributed by atoms with van der Waals surface area (Å²) in [6.45, 7) is 0.